The third-order valence-electron chi connectivity index (χ3n) is 1.85. The molecule has 0 bridgehead atoms. The van der Waals surface area contributed by atoms with Gasteiger partial charge in [-0.05, 0) is 32.7 Å². The zero-order chi connectivity index (χ0) is 9.23. The average molecular weight is 171 g/mol. The minimum Gasteiger partial charge on any atom is -0.385 e. The van der Waals surface area contributed by atoms with Crippen molar-refractivity contribution >= 4 is 0 Å². The van der Waals surface area contributed by atoms with Gasteiger partial charge >= 0.3 is 0 Å². The SMILES string of the molecule is C=CC(C)NCCCCCOC. The second kappa shape index (κ2) is 8.75. The number of hydrogen-bond donors (Lipinski definition) is 1. The van der Waals surface area contributed by atoms with Crippen LogP contribution in [-0.2, 0) is 4.74 Å². The molecular weight excluding hydrogens is 150 g/mol. The van der Waals surface area contributed by atoms with Crippen LogP contribution in [0.4, 0.5) is 0 Å². The fourth-order valence-corrected chi connectivity index (χ4v) is 0.961. The fraction of sp³-hybridized carbons (Fsp3) is 0.800. The molecule has 0 aliphatic carbocycles. The fourth-order valence-electron chi connectivity index (χ4n) is 0.961. The first-order chi connectivity index (χ1) is 5.81. The maximum Gasteiger partial charge on any atom is 0.0462 e. The van der Waals surface area contributed by atoms with Crippen LogP contribution in [0.3, 0.4) is 0 Å². The Labute approximate surface area is 76.0 Å². The van der Waals surface area contributed by atoms with E-state index in [9.17, 15) is 0 Å². The standard InChI is InChI=1S/C10H21NO/c1-4-10(2)11-8-6-5-7-9-12-3/h4,10-11H,1,5-9H2,2-3H3. The van der Waals surface area contributed by atoms with Gasteiger partial charge in [-0.1, -0.05) is 6.08 Å². The summed E-state index contributed by atoms with van der Waals surface area (Å²) in [5, 5.41) is 3.35. The monoisotopic (exact) mass is 171 g/mol. The predicted molar refractivity (Wildman–Crippen MR) is 53.4 cm³/mol. The van der Waals surface area contributed by atoms with Gasteiger partial charge in [0.25, 0.3) is 0 Å². The van der Waals surface area contributed by atoms with Crippen LogP contribution < -0.4 is 5.32 Å². The van der Waals surface area contributed by atoms with Crippen molar-refractivity contribution in [3.8, 4) is 0 Å². The lowest BCUT2D eigenvalue weighted by Crippen LogP contribution is -2.24. The van der Waals surface area contributed by atoms with Crippen molar-refractivity contribution in [2.75, 3.05) is 20.3 Å². The number of nitrogens with one attached hydrogen (secondary N) is 1. The summed E-state index contributed by atoms with van der Waals surface area (Å²) in [6.45, 7) is 7.79. The summed E-state index contributed by atoms with van der Waals surface area (Å²) < 4.78 is 4.95. The van der Waals surface area contributed by atoms with Crippen molar-refractivity contribution < 1.29 is 4.74 Å². The highest BCUT2D eigenvalue weighted by atomic mass is 16.5. The van der Waals surface area contributed by atoms with E-state index in [1.165, 1.54) is 19.3 Å². The molecule has 0 spiro atoms. The lowest BCUT2D eigenvalue weighted by molar-refractivity contribution is 0.192. The van der Waals surface area contributed by atoms with Crippen LogP contribution in [0, 0.1) is 0 Å². The zero-order valence-electron chi connectivity index (χ0n) is 8.31. The highest BCUT2D eigenvalue weighted by Gasteiger charge is 1.93. The molecule has 0 radical (unpaired) electrons. The summed E-state index contributed by atoms with van der Waals surface area (Å²) >= 11 is 0. The average Bonchev–Trinajstić information content (AvgIpc) is 2.10. The first kappa shape index (κ1) is 11.7. The molecule has 0 heterocycles. The summed E-state index contributed by atoms with van der Waals surface area (Å²) in [6.07, 6.45) is 5.56. The number of unbranched alkanes of at least 4 members (excludes halogenated alkanes) is 2. The summed E-state index contributed by atoms with van der Waals surface area (Å²) in [7, 11) is 1.75. The van der Waals surface area contributed by atoms with Crippen molar-refractivity contribution in [1.29, 1.82) is 0 Å². The lowest BCUT2D eigenvalue weighted by atomic mass is 10.2. The summed E-state index contributed by atoms with van der Waals surface area (Å²) in [5.74, 6) is 0. The largest absolute Gasteiger partial charge is 0.385 e. The first-order valence-electron chi connectivity index (χ1n) is 4.66. The van der Waals surface area contributed by atoms with Gasteiger partial charge in [0.1, 0.15) is 0 Å². The molecule has 2 nitrogen and oxygen atoms in total. The normalized spacial score (nSPS) is 12.8. The molecule has 72 valence electrons. The Hall–Kier alpha value is -0.340. The van der Waals surface area contributed by atoms with Gasteiger partial charge in [-0.15, -0.1) is 6.58 Å². The summed E-state index contributed by atoms with van der Waals surface area (Å²) in [6, 6.07) is 0.437. The maximum absolute atomic E-state index is 4.95. The molecular formula is C10H21NO. The molecule has 12 heavy (non-hydrogen) atoms. The van der Waals surface area contributed by atoms with E-state index in [2.05, 4.69) is 18.8 Å². The number of hydrogen-bond acceptors (Lipinski definition) is 2. The molecule has 0 rings (SSSR count). The van der Waals surface area contributed by atoms with Gasteiger partial charge < -0.3 is 10.1 Å². The Morgan fingerprint density at radius 1 is 1.42 bits per heavy atom. The zero-order valence-corrected chi connectivity index (χ0v) is 8.31. The van der Waals surface area contributed by atoms with E-state index >= 15 is 0 Å². The van der Waals surface area contributed by atoms with E-state index in [1.54, 1.807) is 7.11 Å². The van der Waals surface area contributed by atoms with E-state index in [0.717, 1.165) is 13.2 Å². The van der Waals surface area contributed by atoms with Crippen LogP contribution in [0.15, 0.2) is 12.7 Å². The van der Waals surface area contributed by atoms with Gasteiger partial charge in [-0.3, -0.25) is 0 Å². The van der Waals surface area contributed by atoms with Crippen molar-refractivity contribution in [1.82, 2.24) is 5.32 Å². The minimum absolute atomic E-state index is 0.437. The van der Waals surface area contributed by atoms with E-state index in [-0.39, 0.29) is 0 Å². The van der Waals surface area contributed by atoms with Crippen LogP contribution in [0.25, 0.3) is 0 Å². The molecule has 0 aliphatic heterocycles. The quantitative estimate of drug-likeness (QED) is 0.445. The smallest absolute Gasteiger partial charge is 0.0462 e. The molecule has 1 unspecified atom stereocenters. The Morgan fingerprint density at radius 2 is 2.17 bits per heavy atom. The topological polar surface area (TPSA) is 21.3 Å². The van der Waals surface area contributed by atoms with Crippen LogP contribution in [-0.4, -0.2) is 26.3 Å². The van der Waals surface area contributed by atoms with Crippen LogP contribution in [0.2, 0.25) is 0 Å². The molecule has 0 aromatic rings. The van der Waals surface area contributed by atoms with Crippen LogP contribution in [0.5, 0.6) is 0 Å². The van der Waals surface area contributed by atoms with Gasteiger partial charge in [0.05, 0.1) is 0 Å². The molecule has 1 N–H and O–H groups in total. The second-order valence-electron chi connectivity index (χ2n) is 3.03. The Bertz CT molecular complexity index is 104. The summed E-state index contributed by atoms with van der Waals surface area (Å²) in [4.78, 5) is 0. The van der Waals surface area contributed by atoms with Gasteiger partial charge in [-0.2, -0.15) is 0 Å². The third kappa shape index (κ3) is 7.76. The van der Waals surface area contributed by atoms with Gasteiger partial charge in [0.2, 0.25) is 0 Å². The molecule has 0 aromatic carbocycles. The predicted octanol–water partition coefficient (Wildman–Crippen LogP) is 1.97. The third-order valence-corrected chi connectivity index (χ3v) is 1.85. The van der Waals surface area contributed by atoms with E-state index in [0.29, 0.717) is 6.04 Å². The van der Waals surface area contributed by atoms with Crippen LogP contribution in [0.1, 0.15) is 26.2 Å². The van der Waals surface area contributed by atoms with E-state index < -0.39 is 0 Å². The maximum atomic E-state index is 4.95. The van der Waals surface area contributed by atoms with Gasteiger partial charge in [-0.25, -0.2) is 0 Å². The number of methoxy groups -OCH3 is 1. The molecule has 0 amide bonds. The molecule has 1 atom stereocenters. The highest BCUT2D eigenvalue weighted by molar-refractivity contribution is 4.80. The molecule has 0 aromatic heterocycles. The Kier molecular flexibility index (Phi) is 8.51. The van der Waals surface area contributed by atoms with E-state index in [1.807, 2.05) is 6.08 Å². The molecule has 0 saturated heterocycles. The second-order valence-corrected chi connectivity index (χ2v) is 3.03. The Morgan fingerprint density at radius 3 is 2.75 bits per heavy atom. The summed E-state index contributed by atoms with van der Waals surface area (Å²) in [5.41, 5.74) is 0. The van der Waals surface area contributed by atoms with Crippen molar-refractivity contribution in [3.63, 3.8) is 0 Å². The van der Waals surface area contributed by atoms with E-state index in [4.69, 9.17) is 4.74 Å². The highest BCUT2D eigenvalue weighted by Crippen LogP contribution is 1.94. The van der Waals surface area contributed by atoms with Crippen molar-refractivity contribution in [2.24, 2.45) is 0 Å². The minimum atomic E-state index is 0.437. The molecule has 0 saturated carbocycles. The molecule has 0 fully saturated rings. The Balaban J connectivity index is 2.95. The number of ether oxygens (including phenoxy) is 1. The van der Waals surface area contributed by atoms with Crippen molar-refractivity contribution in [2.45, 2.75) is 32.2 Å². The van der Waals surface area contributed by atoms with Gasteiger partial charge in [0.15, 0.2) is 0 Å². The first-order valence-corrected chi connectivity index (χ1v) is 4.66. The molecule has 2 heteroatoms. The molecule has 0 aliphatic rings. The van der Waals surface area contributed by atoms with Crippen LogP contribution >= 0.6 is 0 Å². The van der Waals surface area contributed by atoms with Crippen molar-refractivity contribution in [3.05, 3.63) is 12.7 Å². The lowest BCUT2D eigenvalue weighted by Gasteiger charge is -2.07. The van der Waals surface area contributed by atoms with Gasteiger partial charge in [0, 0.05) is 19.8 Å². The number of rotatable bonds is 8.